The van der Waals surface area contributed by atoms with Crippen LogP contribution in [0.1, 0.15) is 44.2 Å². The van der Waals surface area contributed by atoms with Gasteiger partial charge in [0.15, 0.2) is 0 Å². The van der Waals surface area contributed by atoms with Gasteiger partial charge in [-0.1, -0.05) is 29.1 Å². The van der Waals surface area contributed by atoms with E-state index in [0.717, 1.165) is 11.1 Å². The van der Waals surface area contributed by atoms with E-state index in [0.29, 0.717) is 62.5 Å². The number of rotatable bonds is 8. The third-order valence-corrected chi connectivity index (χ3v) is 7.05. The standard InChI is InChI=1S/C30H34FN5O5/c1-21(33-40)24-10-8-23(9-11-24)6-4-3-5-7-29(38)35-16-14-34(15-17-35)28-13-12-25(18-27(28)31)36-20-26(41-30(36)39)19-32-22(2)37/h8-13,18,26,40H,3,5,7,14-17,19-20H2,1-2H3,(H,32,37)/t26-/m0/s1. The zero-order valence-electron chi connectivity index (χ0n) is 23.2. The summed E-state index contributed by atoms with van der Waals surface area (Å²) in [5, 5.41) is 14.6. The van der Waals surface area contributed by atoms with E-state index in [1.54, 1.807) is 24.0 Å². The number of carbonyl (C=O) groups is 3. The summed E-state index contributed by atoms with van der Waals surface area (Å²) in [5.74, 6) is 5.57. The lowest BCUT2D eigenvalue weighted by molar-refractivity contribution is -0.131. The lowest BCUT2D eigenvalue weighted by atomic mass is 10.1. The van der Waals surface area contributed by atoms with Gasteiger partial charge < -0.3 is 25.1 Å². The van der Waals surface area contributed by atoms with Crippen LogP contribution < -0.4 is 15.1 Å². The molecule has 0 radical (unpaired) electrons. The molecule has 2 aliphatic rings. The van der Waals surface area contributed by atoms with Crippen LogP contribution in [0.4, 0.5) is 20.6 Å². The van der Waals surface area contributed by atoms with E-state index in [1.165, 1.54) is 17.9 Å². The molecular formula is C30H34FN5O5. The van der Waals surface area contributed by atoms with E-state index in [4.69, 9.17) is 9.94 Å². The number of ether oxygens (including phenoxy) is 1. The molecule has 0 bridgehead atoms. The highest BCUT2D eigenvalue weighted by Crippen LogP contribution is 2.28. The number of oxime groups is 1. The minimum atomic E-state index is -0.580. The highest BCUT2D eigenvalue weighted by molar-refractivity contribution is 5.98. The Morgan fingerprint density at radius 1 is 1.12 bits per heavy atom. The van der Waals surface area contributed by atoms with Crippen LogP contribution in [0.5, 0.6) is 0 Å². The Kier molecular flexibility index (Phi) is 9.79. The first-order chi connectivity index (χ1) is 19.7. The molecule has 1 atom stereocenters. The summed E-state index contributed by atoms with van der Waals surface area (Å²) in [4.78, 5) is 41.1. The van der Waals surface area contributed by atoms with Crippen molar-refractivity contribution in [2.24, 2.45) is 5.16 Å². The highest BCUT2D eigenvalue weighted by atomic mass is 19.1. The minimum Gasteiger partial charge on any atom is -0.442 e. The van der Waals surface area contributed by atoms with Gasteiger partial charge in [-0.3, -0.25) is 14.5 Å². The van der Waals surface area contributed by atoms with Crippen LogP contribution in [-0.4, -0.2) is 79.1 Å². The number of hydrogen-bond acceptors (Lipinski definition) is 7. The van der Waals surface area contributed by atoms with Crippen LogP contribution in [-0.2, 0) is 14.3 Å². The van der Waals surface area contributed by atoms with Gasteiger partial charge in [-0.05, 0) is 49.2 Å². The Morgan fingerprint density at radius 2 is 1.85 bits per heavy atom. The summed E-state index contributed by atoms with van der Waals surface area (Å²) in [6.45, 7) is 5.53. The Balaban J connectivity index is 1.21. The molecule has 0 spiro atoms. The van der Waals surface area contributed by atoms with E-state index in [-0.39, 0.29) is 24.9 Å². The number of piperazine rings is 1. The molecule has 2 fully saturated rings. The number of nitrogens with one attached hydrogen (secondary N) is 1. The zero-order valence-corrected chi connectivity index (χ0v) is 23.2. The third kappa shape index (κ3) is 7.75. The SMILES string of the molecule is CC(=O)NC[C@H]1CN(c2ccc(N3CCN(C(=O)CCCC#Cc4ccc(C(C)=NO)cc4)CC3)c(F)c2)C(=O)O1. The summed E-state index contributed by atoms with van der Waals surface area (Å²) in [7, 11) is 0. The van der Waals surface area contributed by atoms with E-state index in [2.05, 4.69) is 22.3 Å². The molecule has 2 aromatic rings. The normalized spacial score (nSPS) is 17.1. The molecule has 0 unspecified atom stereocenters. The maximum absolute atomic E-state index is 15.1. The van der Waals surface area contributed by atoms with Crippen molar-refractivity contribution in [3.63, 3.8) is 0 Å². The number of halogens is 1. The van der Waals surface area contributed by atoms with Crippen LogP contribution >= 0.6 is 0 Å². The lowest BCUT2D eigenvalue weighted by Gasteiger charge is -2.36. The van der Waals surface area contributed by atoms with E-state index < -0.39 is 18.0 Å². The molecule has 2 heterocycles. The predicted octanol–water partition coefficient (Wildman–Crippen LogP) is 3.36. The molecule has 2 N–H and O–H groups in total. The fourth-order valence-corrected chi connectivity index (χ4v) is 4.72. The molecule has 3 amide bonds. The molecule has 2 aliphatic heterocycles. The van der Waals surface area contributed by atoms with Crippen molar-refractivity contribution in [2.45, 2.75) is 39.2 Å². The van der Waals surface area contributed by atoms with Crippen LogP contribution in [0.3, 0.4) is 0 Å². The largest absolute Gasteiger partial charge is 0.442 e. The Hall–Kier alpha value is -4.59. The predicted molar refractivity (Wildman–Crippen MR) is 153 cm³/mol. The molecular weight excluding hydrogens is 529 g/mol. The van der Waals surface area contributed by atoms with Gasteiger partial charge in [0.05, 0.1) is 30.2 Å². The van der Waals surface area contributed by atoms with Crippen molar-refractivity contribution in [1.29, 1.82) is 0 Å². The van der Waals surface area contributed by atoms with Crippen molar-refractivity contribution < 1.29 is 28.7 Å². The molecule has 0 aliphatic carbocycles. The van der Waals surface area contributed by atoms with Crippen molar-refractivity contribution >= 4 is 35.0 Å². The average molecular weight is 564 g/mol. The van der Waals surface area contributed by atoms with Crippen LogP contribution in [0.15, 0.2) is 47.6 Å². The summed E-state index contributed by atoms with van der Waals surface area (Å²) >= 11 is 0. The summed E-state index contributed by atoms with van der Waals surface area (Å²) in [5.41, 5.74) is 3.03. The van der Waals surface area contributed by atoms with Crippen molar-refractivity contribution in [3.8, 4) is 11.8 Å². The van der Waals surface area contributed by atoms with Crippen molar-refractivity contribution in [2.75, 3.05) is 49.1 Å². The number of anilines is 2. The van der Waals surface area contributed by atoms with Crippen molar-refractivity contribution in [3.05, 3.63) is 59.4 Å². The lowest BCUT2D eigenvalue weighted by Crippen LogP contribution is -2.49. The number of benzene rings is 2. The van der Waals surface area contributed by atoms with E-state index in [9.17, 15) is 14.4 Å². The monoisotopic (exact) mass is 563 g/mol. The molecule has 41 heavy (non-hydrogen) atoms. The second kappa shape index (κ2) is 13.7. The van der Waals surface area contributed by atoms with Gasteiger partial charge in [-0.2, -0.15) is 0 Å². The highest BCUT2D eigenvalue weighted by Gasteiger charge is 2.33. The summed E-state index contributed by atoms with van der Waals surface area (Å²) in [6, 6.07) is 12.1. The average Bonchev–Trinajstić information content (AvgIpc) is 3.36. The molecule has 0 aromatic heterocycles. The Labute approximate surface area is 238 Å². The number of amides is 3. The van der Waals surface area contributed by atoms with Gasteiger partial charge in [0, 0.05) is 51.5 Å². The number of hydrogen-bond donors (Lipinski definition) is 2. The van der Waals surface area contributed by atoms with E-state index in [1.807, 2.05) is 29.2 Å². The van der Waals surface area contributed by atoms with Crippen LogP contribution in [0.25, 0.3) is 0 Å². The first-order valence-corrected chi connectivity index (χ1v) is 13.6. The molecule has 2 aromatic carbocycles. The maximum Gasteiger partial charge on any atom is 0.414 e. The Morgan fingerprint density at radius 3 is 2.51 bits per heavy atom. The van der Waals surface area contributed by atoms with Gasteiger partial charge >= 0.3 is 6.09 Å². The summed E-state index contributed by atoms with van der Waals surface area (Å²) < 4.78 is 20.3. The molecule has 10 nitrogen and oxygen atoms in total. The fraction of sp³-hybridized carbons (Fsp3) is 0.400. The molecule has 216 valence electrons. The molecule has 11 heteroatoms. The smallest absolute Gasteiger partial charge is 0.414 e. The van der Waals surface area contributed by atoms with Crippen molar-refractivity contribution in [1.82, 2.24) is 10.2 Å². The quantitative estimate of drug-likeness (QED) is 0.167. The number of carbonyl (C=O) groups excluding carboxylic acids is 3. The van der Waals surface area contributed by atoms with Gasteiger partial charge in [0.2, 0.25) is 11.8 Å². The number of unbranched alkanes of at least 4 members (excludes halogenated alkanes) is 1. The second-order valence-corrected chi connectivity index (χ2v) is 9.98. The van der Waals surface area contributed by atoms with Gasteiger partial charge in [-0.25, -0.2) is 9.18 Å². The minimum absolute atomic E-state index is 0.0618. The molecule has 4 rings (SSSR count). The maximum atomic E-state index is 15.1. The number of cyclic esters (lactones) is 1. The second-order valence-electron chi connectivity index (χ2n) is 9.98. The van der Waals surface area contributed by atoms with E-state index >= 15 is 4.39 Å². The zero-order chi connectivity index (χ0) is 29.4. The first kappa shape index (κ1) is 29.4. The molecule has 2 saturated heterocycles. The topological polar surface area (TPSA) is 115 Å². The van der Waals surface area contributed by atoms with Crippen LogP contribution in [0, 0.1) is 17.7 Å². The van der Waals surface area contributed by atoms with Gasteiger partial charge in [-0.15, -0.1) is 0 Å². The third-order valence-electron chi connectivity index (χ3n) is 7.05. The summed E-state index contributed by atoms with van der Waals surface area (Å²) in [6.07, 6.45) is 0.575. The first-order valence-electron chi connectivity index (χ1n) is 13.6. The molecule has 0 saturated carbocycles. The van der Waals surface area contributed by atoms with Crippen LogP contribution in [0.2, 0.25) is 0 Å². The number of nitrogens with zero attached hydrogens (tertiary/aromatic N) is 4. The van der Waals surface area contributed by atoms with Gasteiger partial charge in [0.1, 0.15) is 11.9 Å². The van der Waals surface area contributed by atoms with Gasteiger partial charge in [0.25, 0.3) is 0 Å². The Bertz CT molecular complexity index is 1360. The fourth-order valence-electron chi connectivity index (χ4n) is 4.72.